The van der Waals surface area contributed by atoms with Gasteiger partial charge in [-0.2, -0.15) is 0 Å². The predicted molar refractivity (Wildman–Crippen MR) is 68.5 cm³/mol. The van der Waals surface area contributed by atoms with Crippen molar-refractivity contribution in [2.75, 3.05) is 0 Å². The maximum absolute atomic E-state index is 9.12. The molecule has 2 aromatic rings. The van der Waals surface area contributed by atoms with Gasteiger partial charge in [-0.05, 0) is 35.4 Å². The van der Waals surface area contributed by atoms with Crippen LogP contribution in [0.25, 0.3) is 11.3 Å². The molecule has 0 bridgehead atoms. The second kappa shape index (κ2) is 5.27. The second-order valence-corrected chi connectivity index (χ2v) is 4.02. The second-order valence-electron chi connectivity index (χ2n) is 3.61. The highest BCUT2D eigenvalue weighted by atomic mass is 35.5. The van der Waals surface area contributed by atoms with Gasteiger partial charge in [0, 0.05) is 23.3 Å². The summed E-state index contributed by atoms with van der Waals surface area (Å²) in [6, 6.07) is 7.20. The molecule has 1 aromatic heterocycles. The minimum atomic E-state index is -0.0468. The average molecular weight is 250 g/mol. The van der Waals surface area contributed by atoms with E-state index >= 15 is 0 Å². The van der Waals surface area contributed by atoms with Crippen LogP contribution in [0, 0.1) is 0 Å². The van der Waals surface area contributed by atoms with Crippen LogP contribution in [-0.2, 0) is 13.2 Å². The lowest BCUT2D eigenvalue weighted by Crippen LogP contribution is -2.00. The predicted octanol–water partition coefficient (Wildman–Crippen LogP) is 2.35. The molecule has 0 unspecified atom stereocenters. The molecule has 0 radical (unpaired) electrons. The Bertz CT molecular complexity index is 575. The van der Waals surface area contributed by atoms with Gasteiger partial charge in [-0.1, -0.05) is 17.7 Å². The molecule has 4 heteroatoms. The number of pyridine rings is 1. The van der Waals surface area contributed by atoms with E-state index in [4.69, 9.17) is 23.8 Å². The largest absolute Gasteiger partial charge is 0.392 e. The van der Waals surface area contributed by atoms with Gasteiger partial charge < -0.3 is 10.8 Å². The number of aliphatic hydroxyl groups excluding tert-OH is 1. The summed E-state index contributed by atoms with van der Waals surface area (Å²) < 4.78 is 7.89. The van der Waals surface area contributed by atoms with Crippen molar-refractivity contribution < 1.29 is 6.48 Å². The maximum atomic E-state index is 9.12. The number of hydrogen-bond donors (Lipinski definition) is 2. The number of hydrogen-bond acceptors (Lipinski definition) is 3. The third kappa shape index (κ3) is 2.64. The molecule has 0 fully saturated rings. The molecule has 0 atom stereocenters. The van der Waals surface area contributed by atoms with Crippen molar-refractivity contribution in [2.45, 2.75) is 13.2 Å². The summed E-state index contributed by atoms with van der Waals surface area (Å²) in [5, 5.41) is 9.50. The lowest BCUT2D eigenvalue weighted by molar-refractivity contribution is 0.282. The molecule has 0 saturated carbocycles. The summed E-state index contributed by atoms with van der Waals surface area (Å²) >= 11 is 5.91. The number of rotatable bonds is 3. The van der Waals surface area contributed by atoms with Gasteiger partial charge in [-0.15, -0.1) is 0 Å². The van der Waals surface area contributed by atoms with Crippen LogP contribution in [-0.4, -0.2) is 10.1 Å². The molecule has 0 spiro atoms. The summed E-state index contributed by atoms with van der Waals surface area (Å²) in [6.07, 6.45) is 1.62. The van der Waals surface area contributed by atoms with E-state index in [9.17, 15) is 0 Å². The summed E-state index contributed by atoms with van der Waals surface area (Å²) in [5.41, 5.74) is 8.56. The molecule has 0 aliphatic rings. The van der Waals surface area contributed by atoms with Crippen LogP contribution in [0.15, 0.2) is 36.5 Å². The first-order valence-corrected chi connectivity index (χ1v) is 5.59. The summed E-state index contributed by atoms with van der Waals surface area (Å²) in [7, 11) is 0. The Balaban J connectivity index is 2.59. The molecular formula is C13H13ClN2O. The van der Waals surface area contributed by atoms with E-state index in [1.54, 1.807) is 30.5 Å². The minimum absolute atomic E-state index is 0.0468. The Labute approximate surface area is 106 Å². The molecule has 0 saturated heterocycles. The smallest absolute Gasteiger partial charge is 0.0708 e. The Kier molecular flexibility index (Phi) is 3.32. The molecule has 1 heterocycles. The van der Waals surface area contributed by atoms with Gasteiger partial charge in [0.1, 0.15) is 0 Å². The summed E-state index contributed by atoms with van der Waals surface area (Å²) in [6.45, 7) is 0.175. The van der Waals surface area contributed by atoms with Crippen LogP contribution in [0.4, 0.5) is 0 Å². The fourth-order valence-electron chi connectivity index (χ4n) is 1.63. The van der Waals surface area contributed by atoms with E-state index in [2.05, 4.69) is 4.98 Å². The lowest BCUT2D eigenvalue weighted by Gasteiger charge is -2.08. The number of nitrogens with two attached hydrogens (primary N) is 1. The molecule has 0 aliphatic heterocycles. The Morgan fingerprint density at radius 3 is 2.94 bits per heavy atom. The standard InChI is InChI=1S/C13H13ClN2O/c14-11-1-2-12(10(6-11)7-15)13-5-9(8-17)3-4-16-13/h1-6,17H,7-8,15H2/i6D. The molecule has 0 aliphatic carbocycles. The van der Waals surface area contributed by atoms with Crippen molar-refractivity contribution in [3.05, 3.63) is 52.7 Å². The number of aromatic nitrogens is 1. The molecule has 1 aromatic carbocycles. The van der Waals surface area contributed by atoms with E-state index in [1.807, 2.05) is 0 Å². The third-order valence-corrected chi connectivity index (χ3v) is 2.70. The zero-order valence-corrected chi connectivity index (χ0v) is 9.91. The Morgan fingerprint density at radius 1 is 1.41 bits per heavy atom. The first-order chi connectivity index (χ1) is 8.67. The van der Waals surface area contributed by atoms with E-state index in [0.29, 0.717) is 16.3 Å². The lowest BCUT2D eigenvalue weighted by atomic mass is 10.0. The first-order valence-electron chi connectivity index (χ1n) is 5.71. The van der Waals surface area contributed by atoms with Crippen LogP contribution < -0.4 is 5.73 Å². The highest BCUT2D eigenvalue weighted by Crippen LogP contribution is 2.25. The number of benzene rings is 1. The monoisotopic (exact) mass is 249 g/mol. The third-order valence-electron chi connectivity index (χ3n) is 2.48. The fourth-order valence-corrected chi connectivity index (χ4v) is 1.81. The van der Waals surface area contributed by atoms with Gasteiger partial charge in [-0.25, -0.2) is 0 Å². The topological polar surface area (TPSA) is 59.1 Å². The van der Waals surface area contributed by atoms with E-state index in [0.717, 1.165) is 11.1 Å². The molecule has 3 N–H and O–H groups in total. The van der Waals surface area contributed by atoms with Crippen LogP contribution >= 0.6 is 11.6 Å². The summed E-state index contributed by atoms with van der Waals surface area (Å²) in [5.74, 6) is 0. The van der Waals surface area contributed by atoms with Gasteiger partial charge >= 0.3 is 0 Å². The van der Waals surface area contributed by atoms with Crippen molar-refractivity contribution in [3.63, 3.8) is 0 Å². The number of aliphatic hydroxyl groups is 1. The molecule has 0 amide bonds. The number of halogens is 1. The number of nitrogens with zero attached hydrogens (tertiary/aromatic N) is 1. The van der Waals surface area contributed by atoms with Gasteiger partial charge in [-0.3, -0.25) is 4.98 Å². The van der Waals surface area contributed by atoms with E-state index in [-0.39, 0.29) is 19.2 Å². The van der Waals surface area contributed by atoms with Gasteiger partial charge in [0.15, 0.2) is 0 Å². The highest BCUT2D eigenvalue weighted by Gasteiger charge is 2.06. The van der Waals surface area contributed by atoms with Crippen molar-refractivity contribution in [1.29, 1.82) is 0 Å². The van der Waals surface area contributed by atoms with Crippen molar-refractivity contribution >= 4 is 11.6 Å². The molecular weight excluding hydrogens is 236 g/mol. The zero-order valence-electron chi connectivity index (χ0n) is 10.2. The van der Waals surface area contributed by atoms with Crippen molar-refractivity contribution in [2.24, 2.45) is 5.73 Å². The zero-order chi connectivity index (χ0) is 13.1. The maximum Gasteiger partial charge on any atom is 0.0708 e. The highest BCUT2D eigenvalue weighted by molar-refractivity contribution is 6.30. The minimum Gasteiger partial charge on any atom is -0.392 e. The van der Waals surface area contributed by atoms with Crippen LogP contribution in [0.1, 0.15) is 12.5 Å². The normalized spacial score (nSPS) is 11.4. The Morgan fingerprint density at radius 2 is 2.24 bits per heavy atom. The molecule has 2 rings (SSSR count). The van der Waals surface area contributed by atoms with Crippen molar-refractivity contribution in [1.82, 2.24) is 4.98 Å². The van der Waals surface area contributed by atoms with Crippen LogP contribution in [0.2, 0.25) is 5.02 Å². The molecule has 88 valence electrons. The van der Waals surface area contributed by atoms with Gasteiger partial charge in [0.2, 0.25) is 0 Å². The fraction of sp³-hybridized carbons (Fsp3) is 0.154. The van der Waals surface area contributed by atoms with Gasteiger partial charge in [0.05, 0.1) is 13.7 Å². The first kappa shape index (κ1) is 10.7. The van der Waals surface area contributed by atoms with Crippen molar-refractivity contribution in [3.8, 4) is 11.3 Å². The van der Waals surface area contributed by atoms with Crippen LogP contribution in [0.5, 0.6) is 0 Å². The van der Waals surface area contributed by atoms with E-state index in [1.165, 1.54) is 0 Å². The van der Waals surface area contributed by atoms with E-state index < -0.39 is 0 Å². The molecule has 17 heavy (non-hydrogen) atoms. The quantitative estimate of drug-likeness (QED) is 0.878. The van der Waals surface area contributed by atoms with Crippen LogP contribution in [0.3, 0.4) is 0 Å². The summed E-state index contributed by atoms with van der Waals surface area (Å²) in [4.78, 5) is 4.24. The van der Waals surface area contributed by atoms with Gasteiger partial charge in [0.25, 0.3) is 0 Å². The SMILES string of the molecule is [2H]c1c(Cl)ccc(-c2cc(CO)ccn2)c1CN. The Hall–Kier alpha value is -1.42. The average Bonchev–Trinajstić information content (AvgIpc) is 2.41. The molecule has 3 nitrogen and oxygen atoms in total.